The van der Waals surface area contributed by atoms with E-state index in [2.05, 4.69) is 34.1 Å². The van der Waals surface area contributed by atoms with Crippen molar-refractivity contribution in [3.05, 3.63) is 71.8 Å². The summed E-state index contributed by atoms with van der Waals surface area (Å²) in [6.07, 6.45) is 1.31. The van der Waals surface area contributed by atoms with Crippen LogP contribution in [0.1, 0.15) is 30.9 Å². The van der Waals surface area contributed by atoms with Crippen LogP contribution in [-0.4, -0.2) is 103 Å². The van der Waals surface area contributed by atoms with E-state index in [1.54, 1.807) is 0 Å². The predicted octanol–water partition coefficient (Wildman–Crippen LogP) is -0.0219. The molecule has 2 unspecified atom stereocenters. The molecule has 4 aliphatic rings. The van der Waals surface area contributed by atoms with E-state index < -0.39 is 23.5 Å². The minimum Gasteiger partial charge on any atom is -0.870 e. The molecule has 0 amide bonds. The Kier molecular flexibility index (Phi) is 14.9. The molecule has 0 aromatic heterocycles. The minimum absolute atomic E-state index is 0. The number of carboxylic acids is 1. The normalized spacial score (nSPS) is 24.0. The number of carboxylic acid groups (broad SMARTS) is 1. The molecule has 2 atom stereocenters. The van der Waals surface area contributed by atoms with Gasteiger partial charge in [-0.2, -0.15) is 0 Å². The fourth-order valence-corrected chi connectivity index (χ4v) is 6.32. The third-order valence-electron chi connectivity index (χ3n) is 8.42. The van der Waals surface area contributed by atoms with Crippen molar-refractivity contribution in [2.24, 2.45) is 11.8 Å². The maximum Gasteiger partial charge on any atom is 1.00 e. The number of carbonyl (C=O) groups is 2. The van der Waals surface area contributed by atoms with Crippen molar-refractivity contribution in [3.8, 4) is 0 Å². The van der Waals surface area contributed by atoms with Crippen molar-refractivity contribution >= 4 is 11.9 Å². The zero-order chi connectivity index (χ0) is 29.4. The fourth-order valence-electron chi connectivity index (χ4n) is 6.32. The van der Waals surface area contributed by atoms with Crippen molar-refractivity contribution in [3.63, 3.8) is 0 Å². The maximum absolute atomic E-state index is 12.3. The molecule has 4 saturated heterocycles. The number of ether oxygens (including phenoxy) is 5. The van der Waals surface area contributed by atoms with Gasteiger partial charge in [-0.1, -0.05) is 60.7 Å². The molecule has 0 aliphatic carbocycles. The number of hydrogen-bond acceptors (Lipinski definition) is 10. The Morgan fingerprint density at radius 3 is 1.59 bits per heavy atom. The third kappa shape index (κ3) is 9.17. The first-order valence-corrected chi connectivity index (χ1v) is 14.9. The summed E-state index contributed by atoms with van der Waals surface area (Å²) in [6, 6.07) is 20.4. The van der Waals surface area contributed by atoms with Crippen LogP contribution in [0.5, 0.6) is 0 Å². The Bertz CT molecular complexity index is 1160. The number of nitrogens with zero attached hydrogens (tertiary/aromatic N) is 2. The van der Waals surface area contributed by atoms with Crippen molar-refractivity contribution in [1.29, 1.82) is 0 Å². The van der Waals surface area contributed by atoms with Gasteiger partial charge in [-0.05, 0) is 18.1 Å². The summed E-state index contributed by atoms with van der Waals surface area (Å²) >= 11 is 0. The number of carbonyl (C=O) groups excluding carboxylic acids is 1. The zero-order valence-corrected chi connectivity index (χ0v) is 28.9. The van der Waals surface area contributed by atoms with Crippen molar-refractivity contribution in [1.82, 2.24) is 9.80 Å². The van der Waals surface area contributed by atoms with Crippen LogP contribution in [0.15, 0.2) is 60.7 Å². The minimum atomic E-state index is -0.904. The molecular weight excluding hydrogens is 595 g/mol. The smallest absolute Gasteiger partial charge is 0.870 e. The van der Waals surface area contributed by atoms with Crippen LogP contribution in [0.3, 0.4) is 0 Å². The van der Waals surface area contributed by atoms with Gasteiger partial charge >= 0.3 is 63.3 Å². The number of piperidine rings is 2. The second-order valence-electron chi connectivity index (χ2n) is 11.2. The first-order valence-electron chi connectivity index (χ1n) is 14.9. The summed E-state index contributed by atoms with van der Waals surface area (Å²) in [4.78, 5) is 28.3. The summed E-state index contributed by atoms with van der Waals surface area (Å²) < 4.78 is 28.1. The molecule has 2 aromatic rings. The predicted molar refractivity (Wildman–Crippen MR) is 155 cm³/mol. The Labute approximate surface area is 301 Å². The average Bonchev–Trinajstić information content (AvgIpc) is 3.67. The first kappa shape index (κ1) is 37.2. The zero-order valence-electron chi connectivity index (χ0n) is 25.8. The summed E-state index contributed by atoms with van der Waals surface area (Å²) in [6.45, 7) is 8.58. The molecule has 4 aliphatic heterocycles. The van der Waals surface area contributed by atoms with Crippen LogP contribution in [-0.2, 0) is 46.4 Å². The van der Waals surface area contributed by atoms with Gasteiger partial charge in [0.05, 0.1) is 33.0 Å². The Morgan fingerprint density at radius 1 is 0.773 bits per heavy atom. The third-order valence-corrected chi connectivity index (χ3v) is 8.42. The number of aliphatic carboxylic acids is 1. The van der Waals surface area contributed by atoms with E-state index in [4.69, 9.17) is 23.7 Å². The van der Waals surface area contributed by atoms with Crippen LogP contribution < -0.4 is 51.4 Å². The molecule has 236 valence electrons. The van der Waals surface area contributed by atoms with Gasteiger partial charge in [-0.3, -0.25) is 19.4 Å². The summed E-state index contributed by atoms with van der Waals surface area (Å²) in [7, 11) is 0. The Morgan fingerprint density at radius 2 is 1.18 bits per heavy atom. The molecule has 2 aromatic carbocycles. The molecular formula is C32H43KN2O9. The molecule has 0 bridgehead atoms. The monoisotopic (exact) mass is 638 g/mol. The van der Waals surface area contributed by atoms with Crippen molar-refractivity contribution in [2.45, 2.75) is 44.4 Å². The molecule has 44 heavy (non-hydrogen) atoms. The van der Waals surface area contributed by atoms with Crippen LogP contribution in [0.2, 0.25) is 0 Å². The number of benzene rings is 2. The SMILES string of the molecule is CCOC(=O)C1CN(Cc2ccccc2)CCC12OCCO2.O=C(O)C1CN(Cc2ccccc2)CCC12OCCO2.[K+].[OH-]. The summed E-state index contributed by atoms with van der Waals surface area (Å²) in [5, 5.41) is 9.46. The van der Waals surface area contributed by atoms with Gasteiger partial charge < -0.3 is 34.3 Å². The summed E-state index contributed by atoms with van der Waals surface area (Å²) in [5.74, 6) is -3.75. The van der Waals surface area contributed by atoms with E-state index in [1.807, 2.05) is 43.3 Å². The van der Waals surface area contributed by atoms with Crippen molar-refractivity contribution < 1.29 is 95.2 Å². The van der Waals surface area contributed by atoms with Gasteiger partial charge in [0.2, 0.25) is 0 Å². The van der Waals surface area contributed by atoms with Gasteiger partial charge in [0.1, 0.15) is 11.8 Å². The van der Waals surface area contributed by atoms with Gasteiger partial charge in [-0.25, -0.2) is 0 Å². The molecule has 2 N–H and O–H groups in total. The van der Waals surface area contributed by atoms with E-state index in [0.717, 1.165) is 26.2 Å². The average molecular weight is 639 g/mol. The van der Waals surface area contributed by atoms with E-state index in [9.17, 15) is 14.7 Å². The number of likely N-dealkylation sites (tertiary alicyclic amines) is 2. The second-order valence-corrected chi connectivity index (χ2v) is 11.2. The Balaban J connectivity index is 0.000000231. The van der Waals surface area contributed by atoms with E-state index in [0.29, 0.717) is 59.0 Å². The van der Waals surface area contributed by atoms with Crippen LogP contribution in [0.25, 0.3) is 0 Å². The Hall–Kier alpha value is -1.26. The molecule has 2 spiro atoms. The molecule has 11 nitrogen and oxygen atoms in total. The maximum atomic E-state index is 12.3. The fraction of sp³-hybridized carbons (Fsp3) is 0.562. The number of esters is 1. The van der Waals surface area contributed by atoms with Crippen LogP contribution in [0, 0.1) is 11.8 Å². The van der Waals surface area contributed by atoms with E-state index in [-0.39, 0.29) is 68.7 Å². The molecule has 0 saturated carbocycles. The second kappa shape index (κ2) is 17.6. The number of hydrogen-bond donors (Lipinski definition) is 1. The standard InChI is InChI=1S/C17H23NO4.C15H19NO4.K.H2O/c1-2-20-16(19)15-13-18(12-14-6-4-3-5-7-14)9-8-17(15)21-10-11-22-17;17-14(18)13-11-16(10-12-4-2-1-3-5-12)7-6-15(13)19-8-9-20-15;;/h3-7,15H,2,8-13H2,1H3;1-5,13H,6-11H2,(H,17,18);;1H2/q;;+1;/p-1. The van der Waals surface area contributed by atoms with Crippen LogP contribution in [0.4, 0.5) is 0 Å². The molecule has 0 radical (unpaired) electrons. The van der Waals surface area contributed by atoms with Crippen LogP contribution >= 0.6 is 0 Å². The van der Waals surface area contributed by atoms with Gasteiger partial charge in [0, 0.05) is 52.1 Å². The molecule has 4 heterocycles. The summed E-state index contributed by atoms with van der Waals surface area (Å²) in [5.41, 5.74) is 2.44. The molecule has 4 fully saturated rings. The number of rotatable bonds is 7. The quantitative estimate of drug-likeness (QED) is 0.324. The van der Waals surface area contributed by atoms with Gasteiger partial charge in [-0.15, -0.1) is 0 Å². The van der Waals surface area contributed by atoms with E-state index >= 15 is 0 Å². The van der Waals surface area contributed by atoms with Gasteiger partial charge in [0.15, 0.2) is 11.6 Å². The molecule has 6 rings (SSSR count). The largest absolute Gasteiger partial charge is 1.00 e. The van der Waals surface area contributed by atoms with Gasteiger partial charge in [0.25, 0.3) is 0 Å². The van der Waals surface area contributed by atoms with E-state index in [1.165, 1.54) is 11.1 Å². The molecule has 12 heteroatoms. The topological polar surface area (TPSA) is 137 Å². The first-order chi connectivity index (χ1) is 20.4. The van der Waals surface area contributed by atoms with Crippen molar-refractivity contribution in [2.75, 3.05) is 59.2 Å².